The molecule has 7 nitrogen and oxygen atoms in total. The average Bonchev–Trinajstić information content (AvgIpc) is 3.41. The number of hydrogen-bond donors (Lipinski definition) is 1. The van der Waals surface area contributed by atoms with Gasteiger partial charge < -0.3 is 14.8 Å². The third kappa shape index (κ3) is 4.22. The van der Waals surface area contributed by atoms with Crippen molar-refractivity contribution in [3.8, 4) is 27.9 Å². The Morgan fingerprint density at radius 2 is 1.75 bits per heavy atom. The van der Waals surface area contributed by atoms with E-state index in [0.29, 0.717) is 28.0 Å². The van der Waals surface area contributed by atoms with Crippen molar-refractivity contribution < 1.29 is 14.3 Å². The summed E-state index contributed by atoms with van der Waals surface area (Å²) in [5, 5.41) is 10.1. The highest BCUT2D eigenvalue weighted by Crippen LogP contribution is 2.33. The standard InChI is InChI=1S/C24H24N4O3S/c1-14-6-7-18(10-15(14)2)23(29)26-22-11-16(3)27-28(22)24-25-19(13-32-24)17-8-9-20(30-4)21(12-17)31-5/h6-13H,1-5H3,(H,26,29). The summed E-state index contributed by atoms with van der Waals surface area (Å²) in [7, 11) is 3.21. The van der Waals surface area contributed by atoms with E-state index in [1.807, 2.05) is 68.6 Å². The number of hydrogen-bond acceptors (Lipinski definition) is 6. The summed E-state index contributed by atoms with van der Waals surface area (Å²) in [6.45, 7) is 5.89. The van der Waals surface area contributed by atoms with Crippen LogP contribution in [0.3, 0.4) is 0 Å². The zero-order valence-electron chi connectivity index (χ0n) is 18.6. The molecule has 0 aliphatic rings. The first-order chi connectivity index (χ1) is 15.4. The fourth-order valence-corrected chi connectivity index (χ4v) is 4.09. The van der Waals surface area contributed by atoms with Crippen LogP contribution in [0.1, 0.15) is 27.2 Å². The maximum Gasteiger partial charge on any atom is 0.256 e. The first-order valence-corrected chi connectivity index (χ1v) is 10.9. The number of benzene rings is 2. The van der Waals surface area contributed by atoms with E-state index in [1.54, 1.807) is 18.9 Å². The number of carbonyl (C=O) groups is 1. The molecule has 2 aromatic heterocycles. The van der Waals surface area contributed by atoms with Crippen LogP contribution in [0.15, 0.2) is 47.8 Å². The first kappa shape index (κ1) is 21.6. The Balaban J connectivity index is 1.63. The molecule has 0 saturated heterocycles. The van der Waals surface area contributed by atoms with Crippen molar-refractivity contribution in [2.45, 2.75) is 20.8 Å². The van der Waals surface area contributed by atoms with Crippen molar-refractivity contribution in [3.05, 3.63) is 70.2 Å². The summed E-state index contributed by atoms with van der Waals surface area (Å²) in [6.07, 6.45) is 0. The number of nitrogens with zero attached hydrogens (tertiary/aromatic N) is 3. The van der Waals surface area contributed by atoms with Crippen molar-refractivity contribution in [2.24, 2.45) is 0 Å². The molecular formula is C24H24N4O3S. The molecule has 1 N–H and O–H groups in total. The molecule has 0 saturated carbocycles. The Labute approximate surface area is 190 Å². The van der Waals surface area contributed by atoms with Crippen LogP contribution < -0.4 is 14.8 Å². The van der Waals surface area contributed by atoms with Crippen LogP contribution >= 0.6 is 11.3 Å². The van der Waals surface area contributed by atoms with Crippen LogP contribution in [-0.2, 0) is 0 Å². The van der Waals surface area contributed by atoms with Crippen LogP contribution in [0, 0.1) is 20.8 Å². The molecule has 4 rings (SSSR count). The minimum atomic E-state index is -0.189. The largest absolute Gasteiger partial charge is 0.493 e. The summed E-state index contributed by atoms with van der Waals surface area (Å²) < 4.78 is 12.4. The van der Waals surface area contributed by atoms with E-state index in [-0.39, 0.29) is 5.91 Å². The van der Waals surface area contributed by atoms with E-state index in [0.717, 1.165) is 28.1 Å². The molecule has 2 heterocycles. The number of methoxy groups -OCH3 is 2. The molecule has 32 heavy (non-hydrogen) atoms. The highest BCUT2D eigenvalue weighted by atomic mass is 32.1. The minimum Gasteiger partial charge on any atom is -0.493 e. The Kier molecular flexibility index (Phi) is 5.96. The molecule has 0 aliphatic carbocycles. The van der Waals surface area contributed by atoms with Crippen LogP contribution in [0.4, 0.5) is 5.82 Å². The van der Waals surface area contributed by atoms with Crippen molar-refractivity contribution in [1.29, 1.82) is 0 Å². The molecular weight excluding hydrogens is 424 g/mol. The molecule has 0 spiro atoms. The fraction of sp³-hybridized carbons (Fsp3) is 0.208. The second-order valence-corrected chi connectivity index (χ2v) is 8.26. The van der Waals surface area contributed by atoms with Crippen LogP contribution in [0.5, 0.6) is 11.5 Å². The van der Waals surface area contributed by atoms with Gasteiger partial charge in [-0.05, 0) is 62.2 Å². The van der Waals surface area contributed by atoms with Crippen LogP contribution in [0.25, 0.3) is 16.4 Å². The topological polar surface area (TPSA) is 78.3 Å². The normalized spacial score (nSPS) is 10.8. The number of aromatic nitrogens is 3. The minimum absolute atomic E-state index is 0.189. The van der Waals surface area contributed by atoms with Gasteiger partial charge in [0, 0.05) is 22.6 Å². The summed E-state index contributed by atoms with van der Waals surface area (Å²) in [5.41, 5.74) is 5.28. The molecule has 8 heteroatoms. The monoisotopic (exact) mass is 448 g/mol. The third-order valence-electron chi connectivity index (χ3n) is 5.19. The lowest BCUT2D eigenvalue weighted by atomic mass is 10.1. The molecule has 2 aromatic carbocycles. The smallest absolute Gasteiger partial charge is 0.256 e. The van der Waals surface area contributed by atoms with E-state index in [4.69, 9.17) is 14.5 Å². The van der Waals surface area contributed by atoms with Gasteiger partial charge in [-0.15, -0.1) is 11.3 Å². The molecule has 0 bridgehead atoms. The zero-order valence-corrected chi connectivity index (χ0v) is 19.4. The number of amides is 1. The Morgan fingerprint density at radius 1 is 0.969 bits per heavy atom. The van der Waals surface area contributed by atoms with Gasteiger partial charge in [0.1, 0.15) is 5.82 Å². The fourth-order valence-electron chi connectivity index (χ4n) is 3.30. The van der Waals surface area contributed by atoms with Crippen LogP contribution in [0.2, 0.25) is 0 Å². The molecule has 4 aromatic rings. The van der Waals surface area contributed by atoms with Gasteiger partial charge in [0.2, 0.25) is 5.13 Å². The number of anilines is 1. The molecule has 0 atom stereocenters. The Hall–Kier alpha value is -3.65. The van der Waals surface area contributed by atoms with Gasteiger partial charge in [-0.2, -0.15) is 9.78 Å². The SMILES string of the molecule is COc1ccc(-c2csc(-n3nc(C)cc3NC(=O)c3ccc(C)c(C)c3)n2)cc1OC. The lowest BCUT2D eigenvalue weighted by Crippen LogP contribution is -2.15. The van der Waals surface area contributed by atoms with Crippen molar-refractivity contribution in [2.75, 3.05) is 19.5 Å². The predicted molar refractivity (Wildman–Crippen MR) is 126 cm³/mol. The van der Waals surface area contributed by atoms with E-state index in [1.165, 1.54) is 11.3 Å². The summed E-state index contributed by atoms with van der Waals surface area (Å²) >= 11 is 1.44. The second kappa shape index (κ2) is 8.84. The quantitative estimate of drug-likeness (QED) is 0.439. The van der Waals surface area contributed by atoms with E-state index >= 15 is 0 Å². The number of rotatable bonds is 6. The highest BCUT2D eigenvalue weighted by molar-refractivity contribution is 7.12. The van der Waals surface area contributed by atoms with Crippen molar-refractivity contribution >= 4 is 23.1 Å². The van der Waals surface area contributed by atoms with Gasteiger partial charge in [-0.25, -0.2) is 4.98 Å². The maximum absolute atomic E-state index is 12.8. The molecule has 0 radical (unpaired) electrons. The van der Waals surface area contributed by atoms with E-state index in [9.17, 15) is 4.79 Å². The zero-order chi connectivity index (χ0) is 22.8. The Morgan fingerprint density at radius 3 is 2.47 bits per heavy atom. The van der Waals surface area contributed by atoms with Gasteiger partial charge in [0.25, 0.3) is 5.91 Å². The van der Waals surface area contributed by atoms with E-state index in [2.05, 4.69) is 10.4 Å². The number of aryl methyl sites for hydroxylation is 3. The van der Waals surface area contributed by atoms with Crippen LogP contribution in [-0.4, -0.2) is 34.9 Å². The number of ether oxygens (including phenoxy) is 2. The highest BCUT2D eigenvalue weighted by Gasteiger charge is 2.16. The summed E-state index contributed by atoms with van der Waals surface area (Å²) in [5.74, 6) is 1.67. The maximum atomic E-state index is 12.8. The van der Waals surface area contributed by atoms with Gasteiger partial charge in [-0.1, -0.05) is 6.07 Å². The predicted octanol–water partition coefficient (Wildman–Crippen LogP) is 5.19. The number of thiazole rings is 1. The second-order valence-electron chi connectivity index (χ2n) is 7.42. The van der Waals surface area contributed by atoms with Gasteiger partial charge >= 0.3 is 0 Å². The number of nitrogens with one attached hydrogen (secondary N) is 1. The van der Waals surface area contributed by atoms with Crippen molar-refractivity contribution in [1.82, 2.24) is 14.8 Å². The molecule has 0 unspecified atom stereocenters. The molecule has 0 fully saturated rings. The molecule has 164 valence electrons. The van der Waals surface area contributed by atoms with Gasteiger partial charge in [0.05, 0.1) is 25.6 Å². The summed E-state index contributed by atoms with van der Waals surface area (Å²) in [4.78, 5) is 17.6. The third-order valence-corrected chi connectivity index (χ3v) is 6.01. The van der Waals surface area contributed by atoms with Crippen molar-refractivity contribution in [3.63, 3.8) is 0 Å². The summed E-state index contributed by atoms with van der Waals surface area (Å²) in [6, 6.07) is 13.1. The Bertz CT molecular complexity index is 1290. The lowest BCUT2D eigenvalue weighted by molar-refractivity contribution is 0.102. The molecule has 1 amide bonds. The molecule has 0 aliphatic heterocycles. The van der Waals surface area contributed by atoms with Gasteiger partial charge in [0.15, 0.2) is 11.5 Å². The first-order valence-electron chi connectivity index (χ1n) is 10.0. The number of carbonyl (C=O) groups excluding carboxylic acids is 1. The van der Waals surface area contributed by atoms with E-state index < -0.39 is 0 Å². The lowest BCUT2D eigenvalue weighted by Gasteiger charge is -2.09. The van der Waals surface area contributed by atoms with Gasteiger partial charge in [-0.3, -0.25) is 4.79 Å². The average molecular weight is 449 g/mol.